The molecule has 2 aliphatic rings. The normalized spacial score (nSPS) is 21.2. The lowest BCUT2D eigenvalue weighted by atomic mass is 9.96. The molecule has 1 aromatic heterocycles. The molecule has 0 spiro atoms. The number of likely N-dealkylation sites (N-methyl/N-ethyl adjacent to an activating group) is 1. The van der Waals surface area contributed by atoms with E-state index < -0.39 is 10.0 Å². The number of sulfonamides is 1. The largest absolute Gasteiger partial charge is 0.378 e. The van der Waals surface area contributed by atoms with Crippen LogP contribution in [0.5, 0.6) is 0 Å². The van der Waals surface area contributed by atoms with E-state index in [9.17, 15) is 18.0 Å². The van der Waals surface area contributed by atoms with Crippen LogP contribution in [0.3, 0.4) is 0 Å². The van der Waals surface area contributed by atoms with Gasteiger partial charge in [0, 0.05) is 33.2 Å². The number of morpholine rings is 1. The van der Waals surface area contributed by atoms with Crippen LogP contribution in [0.15, 0.2) is 16.3 Å². The van der Waals surface area contributed by atoms with Gasteiger partial charge in [0.05, 0.1) is 30.0 Å². The van der Waals surface area contributed by atoms with E-state index in [2.05, 4.69) is 0 Å². The van der Waals surface area contributed by atoms with Crippen LogP contribution in [0.2, 0.25) is 4.34 Å². The molecular weight excluding hydrogens is 426 g/mol. The molecule has 2 amide bonds. The molecule has 2 saturated heterocycles. The van der Waals surface area contributed by atoms with Gasteiger partial charge in [0.15, 0.2) is 0 Å². The van der Waals surface area contributed by atoms with Crippen molar-refractivity contribution in [1.29, 1.82) is 0 Å². The van der Waals surface area contributed by atoms with Crippen molar-refractivity contribution in [2.24, 2.45) is 5.92 Å². The molecule has 0 N–H and O–H groups in total. The Kier molecular flexibility index (Phi) is 6.98. The summed E-state index contributed by atoms with van der Waals surface area (Å²) >= 11 is 6.78. The van der Waals surface area contributed by atoms with Crippen molar-refractivity contribution in [3.8, 4) is 0 Å². The third-order valence-corrected chi connectivity index (χ3v) is 8.52. The molecule has 2 aliphatic heterocycles. The average molecular weight is 450 g/mol. The van der Waals surface area contributed by atoms with E-state index in [-0.39, 0.29) is 28.5 Å². The number of likely N-dealkylation sites (tertiary alicyclic amines) is 1. The van der Waals surface area contributed by atoms with Gasteiger partial charge in [0.2, 0.25) is 11.8 Å². The molecule has 0 bridgehead atoms. The third kappa shape index (κ3) is 4.85. The van der Waals surface area contributed by atoms with Crippen LogP contribution in [0, 0.1) is 5.92 Å². The highest BCUT2D eigenvalue weighted by atomic mass is 35.5. The standard InChI is InChI=1S/C17H24ClN3O5S2/c1-19(28(24,25)16-5-4-14(18)27-16)12-15(22)21-6-2-3-13(11-21)17(23)20-7-9-26-10-8-20/h4-5,13H,2-3,6-12H2,1H3. The second kappa shape index (κ2) is 9.08. The number of rotatable bonds is 5. The molecule has 3 rings (SSSR count). The first-order valence-corrected chi connectivity index (χ1v) is 11.8. The van der Waals surface area contributed by atoms with Gasteiger partial charge in [-0.05, 0) is 25.0 Å². The number of hydrogen-bond donors (Lipinski definition) is 0. The zero-order chi connectivity index (χ0) is 20.3. The summed E-state index contributed by atoms with van der Waals surface area (Å²) in [6.45, 7) is 2.82. The number of amides is 2. The van der Waals surface area contributed by atoms with E-state index in [0.717, 1.165) is 28.5 Å². The Hall–Kier alpha value is -1.20. The lowest BCUT2D eigenvalue weighted by Gasteiger charge is -2.36. The highest BCUT2D eigenvalue weighted by molar-refractivity contribution is 7.91. The molecular formula is C17H24ClN3O5S2. The minimum atomic E-state index is -3.77. The first-order chi connectivity index (χ1) is 13.3. The summed E-state index contributed by atoms with van der Waals surface area (Å²) in [5, 5.41) is 0. The number of hydrogen-bond acceptors (Lipinski definition) is 6. The maximum absolute atomic E-state index is 12.7. The summed E-state index contributed by atoms with van der Waals surface area (Å²) in [4.78, 5) is 28.8. The molecule has 1 unspecified atom stereocenters. The highest BCUT2D eigenvalue weighted by Gasteiger charge is 2.33. The number of carbonyl (C=O) groups excluding carboxylic acids is 2. The van der Waals surface area contributed by atoms with Gasteiger partial charge in [0.25, 0.3) is 10.0 Å². The van der Waals surface area contributed by atoms with Gasteiger partial charge in [-0.1, -0.05) is 11.6 Å². The van der Waals surface area contributed by atoms with E-state index in [1.807, 2.05) is 0 Å². The summed E-state index contributed by atoms with van der Waals surface area (Å²) in [7, 11) is -2.39. The van der Waals surface area contributed by atoms with Crippen molar-refractivity contribution in [1.82, 2.24) is 14.1 Å². The van der Waals surface area contributed by atoms with Crippen LogP contribution in [0.1, 0.15) is 12.8 Å². The molecule has 1 aromatic rings. The van der Waals surface area contributed by atoms with Gasteiger partial charge in [-0.3, -0.25) is 9.59 Å². The van der Waals surface area contributed by atoms with Crippen molar-refractivity contribution < 1.29 is 22.7 Å². The van der Waals surface area contributed by atoms with Crippen molar-refractivity contribution in [3.05, 3.63) is 16.5 Å². The maximum atomic E-state index is 12.7. The Morgan fingerprint density at radius 3 is 2.61 bits per heavy atom. The molecule has 156 valence electrons. The Morgan fingerprint density at radius 2 is 1.96 bits per heavy atom. The average Bonchev–Trinajstić information content (AvgIpc) is 3.15. The lowest BCUT2D eigenvalue weighted by Crippen LogP contribution is -2.51. The maximum Gasteiger partial charge on any atom is 0.252 e. The van der Waals surface area contributed by atoms with Crippen LogP contribution in [-0.2, 0) is 24.3 Å². The molecule has 0 saturated carbocycles. The van der Waals surface area contributed by atoms with Crippen molar-refractivity contribution in [2.75, 3.05) is 53.0 Å². The molecule has 0 aliphatic carbocycles. The van der Waals surface area contributed by atoms with Gasteiger partial charge in [-0.25, -0.2) is 8.42 Å². The number of carbonyl (C=O) groups is 2. The number of piperidine rings is 1. The van der Waals surface area contributed by atoms with E-state index in [0.29, 0.717) is 43.7 Å². The number of thiophene rings is 1. The zero-order valence-corrected chi connectivity index (χ0v) is 18.1. The minimum Gasteiger partial charge on any atom is -0.378 e. The van der Waals surface area contributed by atoms with Crippen LogP contribution in [0.4, 0.5) is 0 Å². The van der Waals surface area contributed by atoms with Gasteiger partial charge >= 0.3 is 0 Å². The SMILES string of the molecule is CN(CC(=O)N1CCCC(C(=O)N2CCOCC2)C1)S(=O)(=O)c1ccc(Cl)s1. The molecule has 2 fully saturated rings. The summed E-state index contributed by atoms with van der Waals surface area (Å²) in [6.07, 6.45) is 1.46. The van der Waals surface area contributed by atoms with E-state index in [1.54, 1.807) is 9.80 Å². The van der Waals surface area contributed by atoms with Gasteiger partial charge < -0.3 is 14.5 Å². The van der Waals surface area contributed by atoms with E-state index in [1.165, 1.54) is 19.2 Å². The second-order valence-corrected chi connectivity index (χ2v) is 10.9. The molecule has 8 nitrogen and oxygen atoms in total. The molecule has 0 radical (unpaired) electrons. The summed E-state index contributed by atoms with van der Waals surface area (Å²) < 4.78 is 31.9. The van der Waals surface area contributed by atoms with Crippen molar-refractivity contribution >= 4 is 44.8 Å². The third-order valence-electron chi connectivity index (χ3n) is 5.02. The van der Waals surface area contributed by atoms with Gasteiger partial charge in [0.1, 0.15) is 4.21 Å². The van der Waals surface area contributed by atoms with Gasteiger partial charge in [-0.15, -0.1) is 11.3 Å². The monoisotopic (exact) mass is 449 g/mol. The molecule has 28 heavy (non-hydrogen) atoms. The fourth-order valence-corrected chi connectivity index (χ4v) is 6.23. The van der Waals surface area contributed by atoms with Crippen LogP contribution < -0.4 is 0 Å². The quantitative estimate of drug-likeness (QED) is 0.672. The predicted octanol–water partition coefficient (Wildman–Crippen LogP) is 1.12. The van der Waals surface area contributed by atoms with Crippen LogP contribution in [-0.4, -0.2) is 87.3 Å². The molecule has 0 aromatic carbocycles. The van der Waals surface area contributed by atoms with Crippen LogP contribution in [0.25, 0.3) is 0 Å². The smallest absolute Gasteiger partial charge is 0.252 e. The van der Waals surface area contributed by atoms with Crippen molar-refractivity contribution in [2.45, 2.75) is 17.1 Å². The topological polar surface area (TPSA) is 87.2 Å². The minimum absolute atomic E-state index is 0.0509. The summed E-state index contributed by atoms with van der Waals surface area (Å²) in [5.74, 6) is -0.489. The Morgan fingerprint density at radius 1 is 1.25 bits per heavy atom. The number of nitrogens with zero attached hydrogens (tertiary/aromatic N) is 3. The first kappa shape index (κ1) is 21.5. The highest BCUT2D eigenvalue weighted by Crippen LogP contribution is 2.28. The predicted molar refractivity (Wildman–Crippen MR) is 106 cm³/mol. The zero-order valence-electron chi connectivity index (χ0n) is 15.7. The van der Waals surface area contributed by atoms with Crippen LogP contribution >= 0.6 is 22.9 Å². The Labute approximate surface area is 174 Å². The fourth-order valence-electron chi connectivity index (χ4n) is 3.41. The van der Waals surface area contributed by atoms with E-state index >= 15 is 0 Å². The van der Waals surface area contributed by atoms with Gasteiger partial charge in [-0.2, -0.15) is 4.31 Å². The fraction of sp³-hybridized carbons (Fsp3) is 0.647. The molecule has 3 heterocycles. The molecule has 11 heteroatoms. The van der Waals surface area contributed by atoms with Crippen molar-refractivity contribution in [3.63, 3.8) is 0 Å². The Balaban J connectivity index is 1.59. The summed E-state index contributed by atoms with van der Waals surface area (Å²) in [5.41, 5.74) is 0. The van der Waals surface area contributed by atoms with E-state index in [4.69, 9.17) is 16.3 Å². The summed E-state index contributed by atoms with van der Waals surface area (Å²) in [6, 6.07) is 2.95. The number of ether oxygens (including phenoxy) is 1. The number of halogens is 1. The molecule has 1 atom stereocenters. The first-order valence-electron chi connectivity index (χ1n) is 9.15. The lowest BCUT2D eigenvalue weighted by molar-refractivity contribution is -0.144. The second-order valence-electron chi connectivity index (χ2n) is 6.94. The Bertz CT molecular complexity index is 823.